The molecule has 1 aromatic carbocycles. The Hall–Kier alpha value is -2.29. The van der Waals surface area contributed by atoms with Crippen LogP contribution < -0.4 is 0 Å². The molecule has 3 heteroatoms. The van der Waals surface area contributed by atoms with Gasteiger partial charge < -0.3 is 0 Å². The molecule has 0 amide bonds. The van der Waals surface area contributed by atoms with Crippen molar-refractivity contribution in [2.45, 2.75) is 0 Å². The van der Waals surface area contributed by atoms with Crippen molar-refractivity contribution in [1.29, 1.82) is 0 Å². The van der Waals surface area contributed by atoms with Crippen LogP contribution in [0.2, 0.25) is 0 Å². The first kappa shape index (κ1) is 10.2. The van der Waals surface area contributed by atoms with E-state index in [0.29, 0.717) is 0 Å². The number of hydrogen-bond acceptors (Lipinski definition) is 3. The molecule has 2 aromatic heterocycles. The van der Waals surface area contributed by atoms with Crippen LogP contribution in [0.25, 0.3) is 10.8 Å². The minimum absolute atomic E-state index is 1.20. The van der Waals surface area contributed by atoms with E-state index < -0.39 is 0 Å². The van der Waals surface area contributed by atoms with Crippen LogP contribution in [0.3, 0.4) is 0 Å². The number of benzene rings is 1. The Balaban J connectivity index is 0.000000138. The summed E-state index contributed by atoms with van der Waals surface area (Å²) in [5.41, 5.74) is 0. The van der Waals surface area contributed by atoms with Crippen LogP contribution in [-0.4, -0.2) is 15.0 Å². The van der Waals surface area contributed by atoms with Crippen molar-refractivity contribution in [1.82, 2.24) is 15.0 Å². The molecular weight excluding hydrogens is 198 g/mol. The number of rotatable bonds is 0. The maximum atomic E-state index is 4.01. The highest BCUT2D eigenvalue weighted by Gasteiger charge is 1.86. The van der Waals surface area contributed by atoms with E-state index >= 15 is 0 Å². The highest BCUT2D eigenvalue weighted by atomic mass is 14.7. The second-order valence-electron chi connectivity index (χ2n) is 3.12. The maximum absolute atomic E-state index is 4.01. The number of pyridine rings is 1. The van der Waals surface area contributed by atoms with Crippen molar-refractivity contribution in [3.8, 4) is 0 Å². The molecule has 0 atom stereocenters. The Kier molecular flexibility index (Phi) is 3.55. The molecule has 0 spiro atoms. The van der Waals surface area contributed by atoms with Crippen molar-refractivity contribution >= 4 is 10.8 Å². The molecule has 0 N–H and O–H groups in total. The molecule has 78 valence electrons. The molecule has 0 aliphatic carbocycles. The van der Waals surface area contributed by atoms with Gasteiger partial charge in [0.05, 0.1) is 0 Å². The van der Waals surface area contributed by atoms with E-state index in [1.165, 1.54) is 10.8 Å². The van der Waals surface area contributed by atoms with Gasteiger partial charge in [0.2, 0.25) is 0 Å². The molecule has 0 radical (unpaired) electrons. The second-order valence-corrected chi connectivity index (χ2v) is 3.12. The highest BCUT2D eigenvalue weighted by molar-refractivity contribution is 5.80. The lowest BCUT2D eigenvalue weighted by molar-refractivity contribution is 1.20. The van der Waals surface area contributed by atoms with Gasteiger partial charge in [-0.05, 0) is 16.8 Å². The monoisotopic (exact) mass is 209 g/mol. The van der Waals surface area contributed by atoms with E-state index in [4.69, 9.17) is 0 Å². The molecule has 3 aromatic rings. The smallest absolute Gasteiger partial charge is 0.0451 e. The van der Waals surface area contributed by atoms with Gasteiger partial charge in [-0.15, -0.1) is 0 Å². The molecule has 3 nitrogen and oxygen atoms in total. The fourth-order valence-corrected chi connectivity index (χ4v) is 1.28. The zero-order valence-corrected chi connectivity index (χ0v) is 8.69. The van der Waals surface area contributed by atoms with Gasteiger partial charge in [0.15, 0.2) is 0 Å². The van der Waals surface area contributed by atoms with E-state index in [9.17, 15) is 0 Å². The minimum atomic E-state index is 1.20. The average Bonchev–Trinajstić information content (AvgIpc) is 2.42. The average molecular weight is 209 g/mol. The Morgan fingerprint density at radius 1 is 0.562 bits per heavy atom. The summed E-state index contributed by atoms with van der Waals surface area (Å²) >= 11 is 0. The number of fused-ring (bicyclic) bond motifs is 1. The summed E-state index contributed by atoms with van der Waals surface area (Å²) in [5, 5.41) is 2.45. The van der Waals surface area contributed by atoms with Gasteiger partial charge in [-0.25, -0.2) is 0 Å². The molecule has 3 rings (SSSR count). The van der Waals surface area contributed by atoms with Gasteiger partial charge in [-0.3, -0.25) is 15.0 Å². The van der Waals surface area contributed by atoms with Gasteiger partial charge in [-0.1, -0.05) is 24.3 Å². The summed E-state index contributed by atoms with van der Waals surface area (Å²) < 4.78 is 0. The van der Waals surface area contributed by atoms with Crippen LogP contribution in [-0.2, 0) is 0 Å². The third-order valence-corrected chi connectivity index (χ3v) is 2.03. The SMILES string of the molecule is c1ccc2cnccc2c1.c1cnccn1. The molecule has 0 aliphatic heterocycles. The number of aromatic nitrogens is 3. The summed E-state index contributed by atoms with van der Waals surface area (Å²) in [6, 6.07) is 10.2. The molecule has 0 unspecified atom stereocenters. The zero-order chi connectivity index (χ0) is 11.1. The summed E-state index contributed by atoms with van der Waals surface area (Å²) in [5.74, 6) is 0. The fraction of sp³-hybridized carbons (Fsp3) is 0. The van der Waals surface area contributed by atoms with Gasteiger partial charge in [0.1, 0.15) is 0 Å². The van der Waals surface area contributed by atoms with Crippen LogP contribution in [0.4, 0.5) is 0 Å². The Bertz CT molecular complexity index is 445. The van der Waals surface area contributed by atoms with E-state index in [-0.39, 0.29) is 0 Å². The van der Waals surface area contributed by atoms with E-state index in [2.05, 4.69) is 27.1 Å². The molecule has 0 fully saturated rings. The Morgan fingerprint density at radius 2 is 1.19 bits per heavy atom. The van der Waals surface area contributed by atoms with Crippen LogP contribution in [0.5, 0.6) is 0 Å². The minimum Gasteiger partial charge on any atom is -0.264 e. The van der Waals surface area contributed by atoms with E-state index in [0.717, 1.165) is 0 Å². The first-order valence-corrected chi connectivity index (χ1v) is 4.95. The van der Waals surface area contributed by atoms with Crippen molar-refractivity contribution in [2.24, 2.45) is 0 Å². The predicted molar refractivity (Wildman–Crippen MR) is 63.8 cm³/mol. The van der Waals surface area contributed by atoms with Gasteiger partial charge in [0, 0.05) is 37.2 Å². The lowest BCUT2D eigenvalue weighted by Gasteiger charge is -1.91. The molecule has 0 saturated carbocycles. The molecule has 0 saturated heterocycles. The quantitative estimate of drug-likeness (QED) is 0.571. The van der Waals surface area contributed by atoms with Crippen molar-refractivity contribution in [2.75, 3.05) is 0 Å². The van der Waals surface area contributed by atoms with Crippen molar-refractivity contribution in [3.05, 3.63) is 67.5 Å². The van der Waals surface area contributed by atoms with Gasteiger partial charge >= 0.3 is 0 Å². The summed E-state index contributed by atoms with van der Waals surface area (Å²) in [4.78, 5) is 11.5. The first-order valence-electron chi connectivity index (χ1n) is 4.95. The Morgan fingerprint density at radius 3 is 1.75 bits per heavy atom. The number of hydrogen-bond donors (Lipinski definition) is 0. The normalized spacial score (nSPS) is 9.25. The second kappa shape index (κ2) is 5.56. The fourth-order valence-electron chi connectivity index (χ4n) is 1.28. The summed E-state index contributed by atoms with van der Waals surface area (Å²) in [6.45, 7) is 0. The van der Waals surface area contributed by atoms with E-state index in [1.54, 1.807) is 24.8 Å². The molecule has 0 aliphatic rings. The van der Waals surface area contributed by atoms with Crippen molar-refractivity contribution < 1.29 is 0 Å². The predicted octanol–water partition coefficient (Wildman–Crippen LogP) is 2.71. The highest BCUT2D eigenvalue weighted by Crippen LogP contribution is 2.09. The van der Waals surface area contributed by atoms with Crippen LogP contribution in [0.15, 0.2) is 67.5 Å². The largest absolute Gasteiger partial charge is 0.264 e. The third kappa shape index (κ3) is 2.85. The first-order chi connectivity index (χ1) is 7.97. The summed E-state index contributed by atoms with van der Waals surface area (Å²) in [7, 11) is 0. The molecule has 2 heterocycles. The van der Waals surface area contributed by atoms with Crippen LogP contribution >= 0.6 is 0 Å². The molecular formula is C13H11N3. The standard InChI is InChI=1S/C9H7N.C4H4N2/c1-2-4-9-7-10-6-5-8(9)3-1;1-2-6-4-3-5-1/h1-7H;1-4H. The van der Waals surface area contributed by atoms with E-state index in [1.807, 2.05) is 30.6 Å². The Labute approximate surface area is 93.8 Å². The van der Waals surface area contributed by atoms with Gasteiger partial charge in [0.25, 0.3) is 0 Å². The van der Waals surface area contributed by atoms with Crippen molar-refractivity contribution in [3.63, 3.8) is 0 Å². The molecule has 16 heavy (non-hydrogen) atoms. The lowest BCUT2D eigenvalue weighted by Crippen LogP contribution is -1.71. The lowest BCUT2D eigenvalue weighted by atomic mass is 10.2. The zero-order valence-electron chi connectivity index (χ0n) is 8.69. The van der Waals surface area contributed by atoms with Crippen LogP contribution in [0, 0.1) is 0 Å². The molecule has 0 bridgehead atoms. The topological polar surface area (TPSA) is 38.7 Å². The maximum Gasteiger partial charge on any atom is 0.0451 e. The van der Waals surface area contributed by atoms with Gasteiger partial charge in [-0.2, -0.15) is 0 Å². The number of nitrogens with zero attached hydrogens (tertiary/aromatic N) is 3. The summed E-state index contributed by atoms with van der Waals surface area (Å²) in [6.07, 6.45) is 10.2. The third-order valence-electron chi connectivity index (χ3n) is 2.03. The van der Waals surface area contributed by atoms with Crippen LogP contribution in [0.1, 0.15) is 0 Å².